The van der Waals surface area contributed by atoms with Gasteiger partial charge in [0.1, 0.15) is 0 Å². The molecule has 1 aliphatic rings. The van der Waals surface area contributed by atoms with Crippen LogP contribution in [0.25, 0.3) is 0 Å². The fourth-order valence-electron chi connectivity index (χ4n) is 0.593. The molecule has 6 heteroatoms. The number of hydrogen-bond acceptors (Lipinski definition) is 5. The van der Waals surface area contributed by atoms with Gasteiger partial charge in [-0.3, -0.25) is 0 Å². The molecule has 0 bridgehead atoms. The molecule has 0 spiro atoms. The molecular weight excluding hydrogens is 228 g/mol. The maximum absolute atomic E-state index is 10.8. The highest BCUT2D eigenvalue weighted by Gasteiger charge is 2.20. The van der Waals surface area contributed by atoms with E-state index in [1.807, 2.05) is 0 Å². The highest BCUT2D eigenvalue weighted by Crippen LogP contribution is 2.07. The second-order valence-electron chi connectivity index (χ2n) is 3.30. The molecule has 0 saturated carbocycles. The van der Waals surface area contributed by atoms with Gasteiger partial charge in [0.25, 0.3) is 0 Å². The SMILES string of the molecule is C=C(C)C(=O)O.C=C(C)C(=O)OC1OCCO1. The zero-order valence-corrected chi connectivity index (χ0v) is 9.89. The molecule has 0 radical (unpaired) electrons. The topological polar surface area (TPSA) is 82.1 Å². The molecule has 6 nitrogen and oxygen atoms in total. The summed E-state index contributed by atoms with van der Waals surface area (Å²) in [4.78, 5) is 20.4. The first-order valence-electron chi connectivity index (χ1n) is 4.83. The van der Waals surface area contributed by atoms with Crippen LogP contribution in [0.15, 0.2) is 24.3 Å². The molecule has 1 rings (SSSR count). The number of ether oxygens (including phenoxy) is 3. The summed E-state index contributed by atoms with van der Waals surface area (Å²) in [5.41, 5.74) is 0.513. The number of carboxylic acid groups (broad SMARTS) is 1. The number of rotatable bonds is 3. The van der Waals surface area contributed by atoms with Crippen LogP contribution in [0.4, 0.5) is 0 Å². The second-order valence-corrected chi connectivity index (χ2v) is 3.30. The van der Waals surface area contributed by atoms with Crippen LogP contribution in [0.2, 0.25) is 0 Å². The van der Waals surface area contributed by atoms with E-state index in [0.717, 1.165) is 0 Å². The van der Waals surface area contributed by atoms with Crippen molar-refractivity contribution in [1.29, 1.82) is 0 Å². The van der Waals surface area contributed by atoms with Crippen LogP contribution in [0.5, 0.6) is 0 Å². The fourth-order valence-corrected chi connectivity index (χ4v) is 0.593. The van der Waals surface area contributed by atoms with Crippen LogP contribution in [-0.4, -0.2) is 36.7 Å². The van der Waals surface area contributed by atoms with Crippen molar-refractivity contribution in [2.75, 3.05) is 13.2 Å². The van der Waals surface area contributed by atoms with Gasteiger partial charge in [-0.1, -0.05) is 13.2 Å². The molecule has 0 aliphatic carbocycles. The zero-order chi connectivity index (χ0) is 13.4. The number of carbonyl (C=O) groups excluding carboxylic acids is 1. The summed E-state index contributed by atoms with van der Waals surface area (Å²) in [5, 5.41) is 7.89. The van der Waals surface area contributed by atoms with Gasteiger partial charge in [-0.05, 0) is 13.8 Å². The minimum absolute atomic E-state index is 0.176. The molecule has 0 aromatic rings. The summed E-state index contributed by atoms with van der Waals surface area (Å²) in [6, 6.07) is 0. The van der Waals surface area contributed by atoms with Crippen molar-refractivity contribution in [3.05, 3.63) is 24.3 Å². The van der Waals surface area contributed by atoms with Gasteiger partial charge in [0.15, 0.2) is 0 Å². The van der Waals surface area contributed by atoms with Gasteiger partial charge in [0, 0.05) is 11.1 Å². The Kier molecular flexibility index (Phi) is 6.85. The summed E-state index contributed by atoms with van der Waals surface area (Å²) < 4.78 is 14.4. The molecule has 0 atom stereocenters. The molecule has 0 aromatic carbocycles. The van der Waals surface area contributed by atoms with Crippen LogP contribution in [0.1, 0.15) is 13.8 Å². The van der Waals surface area contributed by atoms with Gasteiger partial charge >= 0.3 is 18.4 Å². The van der Waals surface area contributed by atoms with Crippen molar-refractivity contribution in [3.8, 4) is 0 Å². The van der Waals surface area contributed by atoms with E-state index in [1.54, 1.807) is 6.92 Å². The normalized spacial score (nSPS) is 14.5. The van der Waals surface area contributed by atoms with E-state index in [2.05, 4.69) is 17.9 Å². The Labute approximate surface area is 99.5 Å². The third-order valence-corrected chi connectivity index (χ3v) is 1.51. The summed E-state index contributed by atoms with van der Waals surface area (Å²) in [6.07, 6.45) is 0. The van der Waals surface area contributed by atoms with Crippen LogP contribution in [0, 0.1) is 0 Å². The summed E-state index contributed by atoms with van der Waals surface area (Å²) in [6.45, 7) is 9.68. The fraction of sp³-hybridized carbons (Fsp3) is 0.455. The molecule has 1 fully saturated rings. The summed E-state index contributed by atoms with van der Waals surface area (Å²) in [7, 11) is 0. The van der Waals surface area contributed by atoms with E-state index in [4.69, 9.17) is 14.6 Å². The number of aliphatic carboxylic acids is 1. The maximum Gasteiger partial charge on any atom is 0.337 e. The van der Waals surface area contributed by atoms with Crippen molar-refractivity contribution in [3.63, 3.8) is 0 Å². The Morgan fingerprint density at radius 1 is 1.18 bits per heavy atom. The minimum atomic E-state index is -0.935. The average Bonchev–Trinajstić information content (AvgIpc) is 2.71. The lowest BCUT2D eigenvalue weighted by Crippen LogP contribution is -2.18. The van der Waals surface area contributed by atoms with Gasteiger partial charge in [-0.25, -0.2) is 9.59 Å². The second kappa shape index (κ2) is 7.59. The first kappa shape index (κ1) is 15.3. The lowest BCUT2D eigenvalue weighted by Gasteiger charge is -2.08. The molecule has 96 valence electrons. The third kappa shape index (κ3) is 7.26. The van der Waals surface area contributed by atoms with E-state index in [0.29, 0.717) is 18.8 Å². The van der Waals surface area contributed by atoms with Gasteiger partial charge in [-0.15, -0.1) is 0 Å². The largest absolute Gasteiger partial charge is 0.478 e. The molecule has 1 heterocycles. The predicted octanol–water partition coefficient (Wildman–Crippen LogP) is 1.08. The summed E-state index contributed by atoms with van der Waals surface area (Å²) in [5.74, 6) is -1.42. The predicted molar refractivity (Wildman–Crippen MR) is 59.0 cm³/mol. The molecular formula is C11H16O6. The van der Waals surface area contributed by atoms with Crippen molar-refractivity contribution < 1.29 is 28.9 Å². The third-order valence-electron chi connectivity index (χ3n) is 1.51. The Bertz CT molecular complexity index is 302. The first-order valence-corrected chi connectivity index (χ1v) is 4.83. The van der Waals surface area contributed by atoms with Crippen LogP contribution in [0.3, 0.4) is 0 Å². The molecule has 0 amide bonds. The molecule has 0 unspecified atom stereocenters. The molecule has 0 aromatic heterocycles. The van der Waals surface area contributed by atoms with E-state index >= 15 is 0 Å². The standard InChI is InChI=1S/C7H10O4.C4H6O2/c1-5(2)6(8)11-7-9-3-4-10-7;1-3(2)4(5)6/h7H,1,3-4H2,2H3;1H2,2H3,(H,5,6). The summed E-state index contributed by atoms with van der Waals surface area (Å²) >= 11 is 0. The molecule has 1 saturated heterocycles. The molecule has 1 aliphatic heterocycles. The van der Waals surface area contributed by atoms with Gasteiger partial charge in [-0.2, -0.15) is 0 Å². The van der Waals surface area contributed by atoms with E-state index in [9.17, 15) is 9.59 Å². The Hall–Kier alpha value is -1.66. The van der Waals surface area contributed by atoms with Crippen molar-refractivity contribution >= 4 is 11.9 Å². The smallest absolute Gasteiger partial charge is 0.337 e. The number of carboxylic acids is 1. The van der Waals surface area contributed by atoms with E-state index < -0.39 is 18.4 Å². The highest BCUT2D eigenvalue weighted by molar-refractivity contribution is 5.87. The van der Waals surface area contributed by atoms with Crippen LogP contribution in [-0.2, 0) is 23.8 Å². The Morgan fingerprint density at radius 2 is 1.59 bits per heavy atom. The quantitative estimate of drug-likeness (QED) is 0.591. The van der Waals surface area contributed by atoms with Crippen molar-refractivity contribution in [2.24, 2.45) is 0 Å². The van der Waals surface area contributed by atoms with E-state index in [1.165, 1.54) is 6.92 Å². The van der Waals surface area contributed by atoms with Gasteiger partial charge in [0.2, 0.25) is 0 Å². The number of esters is 1. The van der Waals surface area contributed by atoms with E-state index in [-0.39, 0.29) is 5.57 Å². The Morgan fingerprint density at radius 3 is 1.88 bits per heavy atom. The van der Waals surface area contributed by atoms with Gasteiger partial charge in [0.05, 0.1) is 13.2 Å². The van der Waals surface area contributed by atoms with Crippen LogP contribution < -0.4 is 0 Å². The monoisotopic (exact) mass is 244 g/mol. The Balaban J connectivity index is 0.000000366. The van der Waals surface area contributed by atoms with Gasteiger partial charge < -0.3 is 19.3 Å². The average molecular weight is 244 g/mol. The lowest BCUT2D eigenvalue weighted by atomic mass is 10.4. The minimum Gasteiger partial charge on any atom is -0.478 e. The van der Waals surface area contributed by atoms with Crippen LogP contribution >= 0.6 is 0 Å². The highest BCUT2D eigenvalue weighted by atomic mass is 16.9. The van der Waals surface area contributed by atoms with Crippen molar-refractivity contribution in [1.82, 2.24) is 0 Å². The zero-order valence-electron chi connectivity index (χ0n) is 9.89. The molecule has 17 heavy (non-hydrogen) atoms. The van der Waals surface area contributed by atoms with Crippen molar-refractivity contribution in [2.45, 2.75) is 20.3 Å². The first-order chi connectivity index (χ1) is 7.84. The number of hydrogen-bond donors (Lipinski definition) is 1. The molecule has 1 N–H and O–H groups in total. The maximum atomic E-state index is 10.8. The lowest BCUT2D eigenvalue weighted by molar-refractivity contribution is -0.223. The number of carbonyl (C=O) groups is 2.